The molecular weight excluding hydrogens is 511 g/mol. The molecule has 0 bridgehead atoms. The molecule has 0 atom stereocenters. The van der Waals surface area contributed by atoms with Crippen LogP contribution in [0.2, 0.25) is 0 Å². The number of ketones is 1. The third kappa shape index (κ3) is 6.24. The van der Waals surface area contributed by atoms with Gasteiger partial charge in [0.2, 0.25) is 5.91 Å². The van der Waals surface area contributed by atoms with Crippen LogP contribution in [0.4, 0.5) is 13.2 Å². The number of hydrogen-bond acceptors (Lipinski definition) is 6. The van der Waals surface area contributed by atoms with E-state index < -0.39 is 17.7 Å². The molecule has 0 N–H and O–H groups in total. The Morgan fingerprint density at radius 2 is 1.82 bits per heavy atom. The second kappa shape index (κ2) is 11.3. The van der Waals surface area contributed by atoms with Gasteiger partial charge in [0.05, 0.1) is 12.1 Å². The van der Waals surface area contributed by atoms with Crippen LogP contribution in [-0.4, -0.2) is 75.1 Å². The molecule has 0 saturated carbocycles. The number of halogens is 3. The standard InChI is InChI=1S/C28H32F3N5O3/c1-2-39-25-16-23-20(14-19(25)15-24(37)22-6-5-7-26(32-22)28(29,30)31)17-36(33-23)18-27(38)35-12-8-21(9-13-35)34-10-3-4-11-34/h5-7,14,16-17,21H,2-4,8-13,15,18H2,1H3. The minimum atomic E-state index is -4.64. The molecule has 1 amide bonds. The van der Waals surface area contributed by atoms with Crippen molar-refractivity contribution in [1.29, 1.82) is 0 Å². The molecule has 2 aliphatic heterocycles. The lowest BCUT2D eigenvalue weighted by atomic mass is 10.0. The van der Waals surface area contributed by atoms with Gasteiger partial charge < -0.3 is 14.5 Å². The van der Waals surface area contributed by atoms with E-state index in [2.05, 4.69) is 15.0 Å². The van der Waals surface area contributed by atoms with Crippen LogP contribution in [0.15, 0.2) is 36.5 Å². The Labute approximate surface area is 224 Å². The summed E-state index contributed by atoms with van der Waals surface area (Å²) < 4.78 is 46.5. The Morgan fingerprint density at radius 3 is 2.51 bits per heavy atom. The minimum Gasteiger partial charge on any atom is -0.494 e. The number of likely N-dealkylation sites (tertiary alicyclic amines) is 2. The zero-order chi connectivity index (χ0) is 27.6. The molecule has 2 aromatic heterocycles. The number of fused-ring (bicyclic) bond motifs is 1. The SMILES string of the molecule is CCOc1cc2nn(CC(=O)N3CCC(N4CCCC4)CC3)cc2cc1CC(=O)c1cccc(C(F)(F)F)n1. The highest BCUT2D eigenvalue weighted by Gasteiger charge is 2.33. The lowest BCUT2D eigenvalue weighted by Crippen LogP contribution is -2.46. The largest absolute Gasteiger partial charge is 0.494 e. The van der Waals surface area contributed by atoms with Crippen molar-refractivity contribution in [2.24, 2.45) is 0 Å². The number of benzene rings is 1. The van der Waals surface area contributed by atoms with Crippen LogP contribution in [0, 0.1) is 0 Å². The van der Waals surface area contributed by atoms with E-state index in [1.54, 1.807) is 29.9 Å². The third-order valence-corrected chi connectivity index (χ3v) is 7.48. The number of ether oxygens (including phenoxy) is 1. The molecule has 2 fully saturated rings. The van der Waals surface area contributed by atoms with Gasteiger partial charge in [0.25, 0.3) is 0 Å². The molecule has 4 heterocycles. The van der Waals surface area contributed by atoms with Gasteiger partial charge in [0.15, 0.2) is 5.78 Å². The maximum Gasteiger partial charge on any atom is 0.433 e. The molecular formula is C28H32F3N5O3. The minimum absolute atomic E-state index is 0.0127. The number of hydrogen-bond donors (Lipinski definition) is 0. The topological polar surface area (TPSA) is 80.6 Å². The molecule has 1 aromatic carbocycles. The van der Waals surface area contributed by atoms with E-state index in [9.17, 15) is 22.8 Å². The third-order valence-electron chi connectivity index (χ3n) is 7.48. The fraction of sp³-hybridized carbons (Fsp3) is 0.500. The van der Waals surface area contributed by atoms with Crippen LogP contribution in [-0.2, 0) is 23.9 Å². The van der Waals surface area contributed by atoms with Crippen molar-refractivity contribution in [2.75, 3.05) is 32.8 Å². The molecule has 11 heteroatoms. The number of alkyl halides is 3. The summed E-state index contributed by atoms with van der Waals surface area (Å²) in [4.78, 5) is 33.8. The molecule has 0 radical (unpaired) electrons. The van der Waals surface area contributed by atoms with Gasteiger partial charge >= 0.3 is 6.18 Å². The summed E-state index contributed by atoms with van der Waals surface area (Å²) in [6.07, 6.45) is 1.42. The summed E-state index contributed by atoms with van der Waals surface area (Å²) in [5.74, 6) is -0.120. The van der Waals surface area contributed by atoms with E-state index in [1.165, 1.54) is 25.0 Å². The van der Waals surface area contributed by atoms with Crippen LogP contribution in [0.5, 0.6) is 5.75 Å². The van der Waals surface area contributed by atoms with E-state index in [-0.39, 0.29) is 24.6 Å². The van der Waals surface area contributed by atoms with Gasteiger partial charge in [-0.15, -0.1) is 0 Å². The maximum absolute atomic E-state index is 13.1. The Balaban J connectivity index is 1.28. The van der Waals surface area contributed by atoms with Crippen LogP contribution in [0.3, 0.4) is 0 Å². The first-order valence-electron chi connectivity index (χ1n) is 13.4. The van der Waals surface area contributed by atoms with Gasteiger partial charge in [0, 0.05) is 48.8 Å². The molecule has 0 unspecified atom stereocenters. The average molecular weight is 544 g/mol. The van der Waals surface area contributed by atoms with Crippen molar-refractivity contribution in [1.82, 2.24) is 24.6 Å². The number of carbonyl (C=O) groups excluding carboxylic acids is 2. The van der Waals surface area contributed by atoms with Gasteiger partial charge in [0.1, 0.15) is 23.7 Å². The highest BCUT2D eigenvalue weighted by Crippen LogP contribution is 2.29. The van der Waals surface area contributed by atoms with Crippen molar-refractivity contribution in [3.8, 4) is 5.75 Å². The first-order valence-corrected chi connectivity index (χ1v) is 13.4. The normalized spacial score (nSPS) is 17.2. The maximum atomic E-state index is 13.1. The quantitative estimate of drug-likeness (QED) is 0.393. The molecule has 208 valence electrons. The first kappa shape index (κ1) is 27.1. The van der Waals surface area contributed by atoms with Gasteiger partial charge in [-0.2, -0.15) is 18.3 Å². The fourth-order valence-corrected chi connectivity index (χ4v) is 5.50. The number of rotatable bonds is 8. The molecule has 2 saturated heterocycles. The van der Waals surface area contributed by atoms with Crippen molar-refractivity contribution < 1.29 is 27.5 Å². The van der Waals surface area contributed by atoms with Crippen molar-refractivity contribution in [2.45, 2.75) is 57.8 Å². The highest BCUT2D eigenvalue weighted by atomic mass is 19.4. The highest BCUT2D eigenvalue weighted by molar-refractivity contribution is 5.97. The van der Waals surface area contributed by atoms with E-state index in [0.717, 1.165) is 45.1 Å². The second-order valence-electron chi connectivity index (χ2n) is 10.1. The van der Waals surface area contributed by atoms with Crippen molar-refractivity contribution in [3.05, 3.63) is 53.5 Å². The average Bonchev–Trinajstić information content (AvgIpc) is 3.58. The van der Waals surface area contributed by atoms with E-state index in [4.69, 9.17) is 4.74 Å². The fourth-order valence-electron chi connectivity index (χ4n) is 5.50. The number of amides is 1. The van der Waals surface area contributed by atoms with Crippen LogP contribution < -0.4 is 4.74 Å². The summed E-state index contributed by atoms with van der Waals surface area (Å²) in [6.45, 7) is 6.04. The lowest BCUT2D eigenvalue weighted by molar-refractivity contribution is -0.141. The monoisotopic (exact) mass is 543 g/mol. The summed E-state index contributed by atoms with van der Waals surface area (Å²) in [7, 11) is 0. The summed E-state index contributed by atoms with van der Waals surface area (Å²) in [5.41, 5.74) is -0.252. The predicted octanol–water partition coefficient (Wildman–Crippen LogP) is 4.36. The summed E-state index contributed by atoms with van der Waals surface area (Å²) >= 11 is 0. The zero-order valence-corrected chi connectivity index (χ0v) is 21.9. The van der Waals surface area contributed by atoms with Crippen molar-refractivity contribution >= 4 is 22.6 Å². The summed E-state index contributed by atoms with van der Waals surface area (Å²) in [6, 6.07) is 7.28. The first-order chi connectivity index (χ1) is 18.7. The predicted molar refractivity (Wildman–Crippen MR) is 139 cm³/mol. The smallest absolute Gasteiger partial charge is 0.433 e. The molecule has 3 aromatic rings. The number of Topliss-reactive ketones (excluding diaryl/α,β-unsaturated/α-hetero) is 1. The van der Waals surface area contributed by atoms with Gasteiger partial charge in [-0.05, 0) is 63.9 Å². The Kier molecular flexibility index (Phi) is 7.88. The van der Waals surface area contributed by atoms with E-state index in [1.807, 2.05) is 4.90 Å². The Bertz CT molecular complexity index is 1340. The van der Waals surface area contributed by atoms with Gasteiger partial charge in [-0.3, -0.25) is 14.3 Å². The lowest BCUT2D eigenvalue weighted by Gasteiger charge is -2.36. The molecule has 0 spiro atoms. The zero-order valence-electron chi connectivity index (χ0n) is 21.9. The van der Waals surface area contributed by atoms with Gasteiger partial charge in [-0.1, -0.05) is 6.07 Å². The Morgan fingerprint density at radius 1 is 1.08 bits per heavy atom. The van der Waals surface area contributed by atoms with Crippen LogP contribution in [0.25, 0.3) is 10.9 Å². The second-order valence-corrected chi connectivity index (χ2v) is 10.1. The molecule has 39 heavy (non-hydrogen) atoms. The molecule has 5 rings (SSSR count). The van der Waals surface area contributed by atoms with Crippen molar-refractivity contribution in [3.63, 3.8) is 0 Å². The molecule has 0 aliphatic carbocycles. The molecule has 2 aliphatic rings. The van der Waals surface area contributed by atoms with E-state index in [0.29, 0.717) is 34.9 Å². The van der Waals surface area contributed by atoms with Gasteiger partial charge in [-0.25, -0.2) is 4.98 Å². The number of piperidine rings is 1. The summed E-state index contributed by atoms with van der Waals surface area (Å²) in [5, 5.41) is 5.25. The number of carbonyl (C=O) groups is 2. The number of pyridine rings is 1. The number of aromatic nitrogens is 3. The molecule has 8 nitrogen and oxygen atoms in total. The van der Waals surface area contributed by atoms with E-state index >= 15 is 0 Å². The number of nitrogens with zero attached hydrogens (tertiary/aromatic N) is 5. The van der Waals surface area contributed by atoms with Crippen LogP contribution >= 0.6 is 0 Å². The Hall–Kier alpha value is -3.47. The van der Waals surface area contributed by atoms with Crippen LogP contribution in [0.1, 0.15) is 54.4 Å².